The number of piperidine rings is 1. The number of hydrogen-bond acceptors (Lipinski definition) is 2. The second kappa shape index (κ2) is 9.02. The van der Waals surface area contributed by atoms with E-state index in [1.807, 2.05) is 11.0 Å². The van der Waals surface area contributed by atoms with Crippen LogP contribution in [0.1, 0.15) is 73.5 Å². The Kier molecular flexibility index (Phi) is 6.22. The first-order valence-corrected chi connectivity index (χ1v) is 11.4. The molecule has 1 aliphatic heterocycles. The van der Waals surface area contributed by atoms with E-state index in [4.69, 9.17) is 0 Å². The molecule has 2 amide bonds. The summed E-state index contributed by atoms with van der Waals surface area (Å²) in [6.07, 6.45) is 9.56. The molecule has 156 valence electrons. The lowest BCUT2D eigenvalue weighted by Gasteiger charge is -2.31. The highest BCUT2D eigenvalue weighted by molar-refractivity contribution is 5.99. The summed E-state index contributed by atoms with van der Waals surface area (Å²) < 4.78 is 0. The van der Waals surface area contributed by atoms with Crippen molar-refractivity contribution < 1.29 is 9.59 Å². The van der Waals surface area contributed by atoms with Crippen LogP contribution in [-0.4, -0.2) is 41.3 Å². The van der Waals surface area contributed by atoms with Crippen LogP contribution in [0.2, 0.25) is 0 Å². The quantitative estimate of drug-likeness (QED) is 0.720. The summed E-state index contributed by atoms with van der Waals surface area (Å²) in [5.41, 5.74) is 4.67. The van der Waals surface area contributed by atoms with Gasteiger partial charge in [-0.05, 0) is 68.7 Å². The molecule has 2 N–H and O–H groups in total. The molecule has 5 heteroatoms. The Balaban J connectivity index is 1.36. The molecule has 2 heterocycles. The predicted octanol–water partition coefficient (Wildman–Crippen LogP) is 4.21. The first kappa shape index (κ1) is 20.0. The van der Waals surface area contributed by atoms with Crippen LogP contribution in [0.4, 0.5) is 0 Å². The van der Waals surface area contributed by atoms with Crippen LogP contribution in [0.5, 0.6) is 0 Å². The Morgan fingerprint density at radius 3 is 2.72 bits per heavy atom. The molecule has 1 aromatic carbocycles. The van der Waals surface area contributed by atoms with Gasteiger partial charge in [0.05, 0.1) is 0 Å². The summed E-state index contributed by atoms with van der Waals surface area (Å²) in [7, 11) is 0. The molecular weight excluding hydrogens is 362 g/mol. The van der Waals surface area contributed by atoms with Crippen LogP contribution in [0.15, 0.2) is 18.2 Å². The summed E-state index contributed by atoms with van der Waals surface area (Å²) in [4.78, 5) is 30.9. The van der Waals surface area contributed by atoms with E-state index in [-0.39, 0.29) is 17.7 Å². The zero-order valence-corrected chi connectivity index (χ0v) is 17.6. The molecule has 0 spiro atoms. The van der Waals surface area contributed by atoms with Gasteiger partial charge in [-0.25, -0.2) is 0 Å². The molecule has 0 unspecified atom stereocenters. The molecule has 1 aromatic heterocycles. The van der Waals surface area contributed by atoms with Crippen molar-refractivity contribution in [3.63, 3.8) is 0 Å². The number of nitrogens with zero attached hydrogens (tertiary/aromatic N) is 1. The first-order valence-electron chi connectivity index (χ1n) is 11.4. The molecule has 0 radical (unpaired) electrons. The monoisotopic (exact) mass is 395 g/mol. The second-order valence-electron chi connectivity index (χ2n) is 8.61. The molecule has 1 fully saturated rings. The third kappa shape index (κ3) is 4.34. The summed E-state index contributed by atoms with van der Waals surface area (Å²) >= 11 is 0. The van der Waals surface area contributed by atoms with E-state index >= 15 is 0 Å². The lowest BCUT2D eigenvalue weighted by atomic mass is 9.94. The molecule has 0 atom stereocenters. The fourth-order valence-corrected chi connectivity index (χ4v) is 4.80. The molecule has 5 nitrogen and oxygen atoms in total. The van der Waals surface area contributed by atoms with E-state index in [1.54, 1.807) is 0 Å². The van der Waals surface area contributed by atoms with Gasteiger partial charge in [-0.3, -0.25) is 9.59 Å². The van der Waals surface area contributed by atoms with Gasteiger partial charge in [-0.15, -0.1) is 0 Å². The van der Waals surface area contributed by atoms with Crippen molar-refractivity contribution in [2.24, 2.45) is 5.92 Å². The minimum absolute atomic E-state index is 0.0415. The highest BCUT2D eigenvalue weighted by Crippen LogP contribution is 2.30. The van der Waals surface area contributed by atoms with E-state index in [1.165, 1.54) is 29.5 Å². The van der Waals surface area contributed by atoms with Gasteiger partial charge in [0.2, 0.25) is 5.91 Å². The van der Waals surface area contributed by atoms with Crippen molar-refractivity contribution in [2.45, 2.75) is 64.7 Å². The zero-order chi connectivity index (χ0) is 20.2. The standard InChI is InChI=1S/C24H33N3O2/c1-2-3-6-13-25-23(28)17-11-14-27(15-12-17)24(29)18-9-10-22-20(16-18)19-7-4-5-8-21(19)26-22/h9-10,16-17,26H,2-8,11-15H2,1H3,(H,25,28). The number of carbonyl (C=O) groups is 2. The summed E-state index contributed by atoms with van der Waals surface area (Å²) in [5.74, 6) is 0.299. The normalized spacial score (nSPS) is 17.3. The Morgan fingerprint density at radius 1 is 1.14 bits per heavy atom. The number of carbonyl (C=O) groups excluding carboxylic acids is 2. The lowest BCUT2D eigenvalue weighted by molar-refractivity contribution is -0.126. The van der Waals surface area contributed by atoms with Gasteiger partial charge in [0.25, 0.3) is 5.91 Å². The number of aromatic nitrogens is 1. The van der Waals surface area contributed by atoms with Gasteiger partial charge in [0.15, 0.2) is 0 Å². The van der Waals surface area contributed by atoms with Crippen LogP contribution in [0.25, 0.3) is 10.9 Å². The average molecular weight is 396 g/mol. The largest absolute Gasteiger partial charge is 0.358 e. The molecular formula is C24H33N3O2. The number of fused-ring (bicyclic) bond motifs is 3. The number of benzene rings is 1. The van der Waals surface area contributed by atoms with Crippen molar-refractivity contribution in [3.8, 4) is 0 Å². The van der Waals surface area contributed by atoms with E-state index in [0.717, 1.165) is 62.6 Å². The smallest absolute Gasteiger partial charge is 0.253 e. The number of rotatable bonds is 6. The van der Waals surface area contributed by atoms with Gasteiger partial charge in [-0.1, -0.05) is 19.8 Å². The van der Waals surface area contributed by atoms with E-state index < -0.39 is 0 Å². The number of aryl methyl sites for hydroxylation is 2. The Labute approximate surface area is 173 Å². The maximum atomic E-state index is 13.1. The van der Waals surface area contributed by atoms with Gasteiger partial charge >= 0.3 is 0 Å². The molecule has 2 aromatic rings. The SMILES string of the molecule is CCCCCNC(=O)C1CCN(C(=O)c2ccc3[nH]c4c(c3c2)CCCC4)CC1. The fraction of sp³-hybridized carbons (Fsp3) is 0.583. The Hall–Kier alpha value is -2.30. The summed E-state index contributed by atoms with van der Waals surface area (Å²) in [6.45, 7) is 4.26. The van der Waals surface area contributed by atoms with Gasteiger partial charge in [-0.2, -0.15) is 0 Å². The van der Waals surface area contributed by atoms with Gasteiger partial charge in [0, 0.05) is 47.7 Å². The van der Waals surface area contributed by atoms with E-state index in [2.05, 4.69) is 29.4 Å². The highest BCUT2D eigenvalue weighted by atomic mass is 16.2. The summed E-state index contributed by atoms with van der Waals surface area (Å²) in [5, 5.41) is 4.28. The third-order valence-electron chi connectivity index (χ3n) is 6.58. The molecule has 0 bridgehead atoms. The second-order valence-corrected chi connectivity index (χ2v) is 8.61. The van der Waals surface area contributed by atoms with E-state index in [9.17, 15) is 9.59 Å². The van der Waals surface area contributed by atoms with Gasteiger partial charge in [0.1, 0.15) is 0 Å². The Morgan fingerprint density at radius 2 is 1.93 bits per heavy atom. The number of aromatic amines is 1. The number of nitrogens with one attached hydrogen (secondary N) is 2. The van der Waals surface area contributed by atoms with Crippen molar-refractivity contribution in [1.29, 1.82) is 0 Å². The topological polar surface area (TPSA) is 65.2 Å². The van der Waals surface area contributed by atoms with Crippen LogP contribution in [0.3, 0.4) is 0 Å². The fourth-order valence-electron chi connectivity index (χ4n) is 4.80. The molecule has 4 rings (SSSR count). The molecule has 2 aliphatic rings. The number of likely N-dealkylation sites (tertiary alicyclic amines) is 1. The molecule has 0 saturated carbocycles. The van der Waals surface area contributed by atoms with Crippen molar-refractivity contribution in [3.05, 3.63) is 35.0 Å². The van der Waals surface area contributed by atoms with Crippen LogP contribution >= 0.6 is 0 Å². The van der Waals surface area contributed by atoms with Crippen molar-refractivity contribution in [2.75, 3.05) is 19.6 Å². The minimum Gasteiger partial charge on any atom is -0.358 e. The predicted molar refractivity (Wildman–Crippen MR) is 116 cm³/mol. The average Bonchev–Trinajstić information content (AvgIpc) is 3.14. The third-order valence-corrected chi connectivity index (χ3v) is 6.58. The van der Waals surface area contributed by atoms with Crippen LogP contribution < -0.4 is 5.32 Å². The highest BCUT2D eigenvalue weighted by Gasteiger charge is 2.28. The number of amides is 2. The first-order chi connectivity index (χ1) is 14.2. The lowest BCUT2D eigenvalue weighted by Crippen LogP contribution is -2.43. The maximum absolute atomic E-state index is 13.1. The van der Waals surface area contributed by atoms with E-state index in [0.29, 0.717) is 13.1 Å². The van der Waals surface area contributed by atoms with Crippen LogP contribution in [0, 0.1) is 5.92 Å². The number of H-pyrrole nitrogens is 1. The maximum Gasteiger partial charge on any atom is 0.253 e. The van der Waals surface area contributed by atoms with Crippen molar-refractivity contribution in [1.82, 2.24) is 15.2 Å². The zero-order valence-electron chi connectivity index (χ0n) is 17.6. The number of hydrogen-bond donors (Lipinski definition) is 2. The Bertz CT molecular complexity index is 878. The van der Waals surface area contributed by atoms with Crippen LogP contribution in [-0.2, 0) is 17.6 Å². The number of unbranched alkanes of at least 4 members (excludes halogenated alkanes) is 2. The molecule has 1 aliphatic carbocycles. The summed E-state index contributed by atoms with van der Waals surface area (Å²) in [6, 6.07) is 6.07. The van der Waals surface area contributed by atoms with Crippen molar-refractivity contribution >= 4 is 22.7 Å². The van der Waals surface area contributed by atoms with Gasteiger partial charge < -0.3 is 15.2 Å². The molecule has 29 heavy (non-hydrogen) atoms. The molecule has 1 saturated heterocycles. The minimum atomic E-state index is 0.0415.